The van der Waals surface area contributed by atoms with E-state index in [0.29, 0.717) is 31.3 Å². The van der Waals surface area contributed by atoms with Crippen LogP contribution in [-0.4, -0.2) is 51.7 Å². The Bertz CT molecular complexity index is 764. The zero-order chi connectivity index (χ0) is 16.4. The fourth-order valence-corrected chi connectivity index (χ4v) is 2.94. The van der Waals surface area contributed by atoms with Crippen LogP contribution in [0.4, 0.5) is 0 Å². The molecule has 1 aliphatic rings. The Morgan fingerprint density at radius 1 is 1.52 bits per heavy atom. The van der Waals surface area contributed by atoms with Crippen LogP contribution in [0.1, 0.15) is 35.8 Å². The molecule has 0 aliphatic carbocycles. The first kappa shape index (κ1) is 15.7. The van der Waals surface area contributed by atoms with Gasteiger partial charge in [0.1, 0.15) is 5.56 Å². The van der Waals surface area contributed by atoms with Crippen molar-refractivity contribution in [1.82, 2.24) is 19.5 Å². The minimum Gasteiger partial charge on any atom is -0.381 e. The van der Waals surface area contributed by atoms with Gasteiger partial charge in [-0.3, -0.25) is 14.7 Å². The Morgan fingerprint density at radius 3 is 3.13 bits per heavy atom. The molecule has 0 aromatic carbocycles. The van der Waals surface area contributed by atoms with Gasteiger partial charge in [-0.05, 0) is 19.8 Å². The molecule has 1 N–H and O–H groups in total. The highest BCUT2D eigenvalue weighted by Crippen LogP contribution is 2.18. The number of hydrogen-bond donors (Lipinski definition) is 1. The van der Waals surface area contributed by atoms with Gasteiger partial charge in [0, 0.05) is 43.6 Å². The molecule has 1 aliphatic heterocycles. The van der Waals surface area contributed by atoms with Gasteiger partial charge in [0.2, 0.25) is 0 Å². The van der Waals surface area contributed by atoms with Crippen molar-refractivity contribution >= 4 is 11.6 Å². The Labute approximate surface area is 134 Å². The minimum absolute atomic E-state index is 0.111. The number of aryl methyl sites for hydroxylation is 1. The number of aromatic nitrogens is 3. The number of carbonyl (C=O) groups excluding carboxylic acids is 1. The van der Waals surface area contributed by atoms with Crippen molar-refractivity contribution in [3.05, 3.63) is 33.9 Å². The lowest BCUT2D eigenvalue weighted by molar-refractivity contribution is 0.0752. The van der Waals surface area contributed by atoms with Crippen LogP contribution in [-0.2, 0) is 4.74 Å². The lowest BCUT2D eigenvalue weighted by Gasteiger charge is -2.16. The summed E-state index contributed by atoms with van der Waals surface area (Å²) in [6.07, 6.45) is 3.29. The second-order valence-corrected chi connectivity index (χ2v) is 6.09. The van der Waals surface area contributed by atoms with Crippen LogP contribution in [0.2, 0.25) is 0 Å². The largest absolute Gasteiger partial charge is 0.381 e. The molecule has 3 rings (SSSR count). The van der Waals surface area contributed by atoms with Crippen molar-refractivity contribution < 1.29 is 9.53 Å². The average Bonchev–Trinajstić information content (AvgIpc) is 3.14. The second kappa shape index (κ2) is 6.54. The van der Waals surface area contributed by atoms with Gasteiger partial charge in [-0.15, -0.1) is 0 Å². The zero-order valence-electron chi connectivity index (χ0n) is 13.5. The van der Waals surface area contributed by atoms with Crippen LogP contribution >= 0.6 is 0 Å². The Morgan fingerprint density at radius 2 is 2.35 bits per heavy atom. The van der Waals surface area contributed by atoms with Crippen molar-refractivity contribution in [1.29, 1.82) is 0 Å². The van der Waals surface area contributed by atoms with E-state index in [1.807, 2.05) is 6.92 Å². The normalized spacial score (nSPS) is 18.0. The molecule has 0 spiro atoms. The number of H-pyrrole nitrogens is 1. The number of nitrogens with zero attached hydrogens (tertiary/aromatic N) is 3. The molecule has 2 aromatic rings. The Kier molecular flexibility index (Phi) is 4.47. The smallest absolute Gasteiger partial charge is 0.285 e. The van der Waals surface area contributed by atoms with E-state index in [2.05, 4.69) is 17.0 Å². The summed E-state index contributed by atoms with van der Waals surface area (Å²) in [6.45, 7) is 6.63. The molecule has 7 heteroatoms. The summed E-state index contributed by atoms with van der Waals surface area (Å²) < 4.78 is 6.88. The number of aromatic amines is 1. The van der Waals surface area contributed by atoms with Crippen LogP contribution in [0, 0.1) is 12.8 Å². The first-order valence-corrected chi connectivity index (χ1v) is 8.04. The number of nitrogens with one attached hydrogen (secondary N) is 1. The monoisotopic (exact) mass is 318 g/mol. The van der Waals surface area contributed by atoms with Gasteiger partial charge < -0.3 is 9.64 Å². The molecule has 2 aromatic heterocycles. The summed E-state index contributed by atoms with van der Waals surface area (Å²) in [5.41, 5.74) is 1.11. The highest BCUT2D eigenvalue weighted by Gasteiger charge is 2.29. The van der Waals surface area contributed by atoms with E-state index >= 15 is 0 Å². The highest BCUT2D eigenvalue weighted by molar-refractivity contribution is 5.93. The molecule has 23 heavy (non-hydrogen) atoms. The minimum atomic E-state index is -0.348. The van der Waals surface area contributed by atoms with Crippen molar-refractivity contribution in [2.75, 3.05) is 26.3 Å². The summed E-state index contributed by atoms with van der Waals surface area (Å²) >= 11 is 0. The Balaban J connectivity index is 1.74. The molecule has 0 bridgehead atoms. The number of hydrogen-bond acceptors (Lipinski definition) is 4. The van der Waals surface area contributed by atoms with E-state index in [4.69, 9.17) is 4.74 Å². The fraction of sp³-hybridized carbons (Fsp3) is 0.562. The van der Waals surface area contributed by atoms with Gasteiger partial charge in [0.15, 0.2) is 5.65 Å². The molecule has 1 atom stereocenters. The van der Waals surface area contributed by atoms with E-state index in [0.717, 1.165) is 25.1 Å². The maximum atomic E-state index is 12.6. The van der Waals surface area contributed by atoms with Crippen molar-refractivity contribution in [2.24, 2.45) is 5.92 Å². The van der Waals surface area contributed by atoms with E-state index in [1.54, 1.807) is 11.0 Å². The van der Waals surface area contributed by atoms with Gasteiger partial charge in [0.05, 0.1) is 6.61 Å². The molecule has 124 valence electrons. The molecule has 0 saturated carbocycles. The molecule has 0 radical (unpaired) electrons. The average molecular weight is 318 g/mol. The van der Waals surface area contributed by atoms with Gasteiger partial charge in [0.25, 0.3) is 11.5 Å². The van der Waals surface area contributed by atoms with E-state index in [9.17, 15) is 9.59 Å². The van der Waals surface area contributed by atoms with Crippen LogP contribution in [0.5, 0.6) is 0 Å². The third kappa shape index (κ3) is 3.14. The van der Waals surface area contributed by atoms with Crippen LogP contribution < -0.4 is 5.56 Å². The molecule has 3 heterocycles. The molecular formula is C16H22N4O3. The molecule has 7 nitrogen and oxygen atoms in total. The number of carbonyl (C=O) groups is 1. The predicted molar refractivity (Wildman–Crippen MR) is 85.7 cm³/mol. The molecule has 1 amide bonds. The standard InChI is InChI=1S/C16H22N4O3/c1-3-6-23-10-12-4-5-19(9-12)15(21)13-8-17-14-7-11(2)18-20(14)16(13)22/h7-8,12,18H,3-6,9-10H2,1-2H3/t12-/m0/s1. The van der Waals surface area contributed by atoms with Gasteiger partial charge in [-0.2, -0.15) is 0 Å². The predicted octanol–water partition coefficient (Wildman–Crippen LogP) is 1.22. The topological polar surface area (TPSA) is 79.7 Å². The summed E-state index contributed by atoms with van der Waals surface area (Å²) in [4.78, 5) is 31.0. The first-order valence-electron chi connectivity index (χ1n) is 8.04. The zero-order valence-corrected chi connectivity index (χ0v) is 13.5. The summed E-state index contributed by atoms with van der Waals surface area (Å²) in [5.74, 6) is 0.0971. The van der Waals surface area contributed by atoms with E-state index in [-0.39, 0.29) is 17.0 Å². The number of fused-ring (bicyclic) bond motifs is 1. The van der Waals surface area contributed by atoms with Crippen LogP contribution in [0.25, 0.3) is 5.65 Å². The van der Waals surface area contributed by atoms with Crippen molar-refractivity contribution in [3.63, 3.8) is 0 Å². The molecule has 1 saturated heterocycles. The third-order valence-corrected chi connectivity index (χ3v) is 4.13. The van der Waals surface area contributed by atoms with Crippen LogP contribution in [0.15, 0.2) is 17.1 Å². The number of likely N-dealkylation sites (tertiary alicyclic amines) is 1. The van der Waals surface area contributed by atoms with Crippen LogP contribution in [0.3, 0.4) is 0 Å². The van der Waals surface area contributed by atoms with E-state index < -0.39 is 0 Å². The summed E-state index contributed by atoms with van der Waals surface area (Å²) in [6, 6.07) is 1.77. The van der Waals surface area contributed by atoms with Crippen molar-refractivity contribution in [2.45, 2.75) is 26.7 Å². The SMILES string of the molecule is CCCOC[C@H]1CCN(C(=O)c2cnc3cc(C)[nH]n3c2=O)C1. The second-order valence-electron chi connectivity index (χ2n) is 6.09. The molecule has 0 unspecified atom stereocenters. The number of rotatable bonds is 5. The third-order valence-electron chi connectivity index (χ3n) is 4.13. The molecule has 1 fully saturated rings. The summed E-state index contributed by atoms with van der Waals surface area (Å²) in [5, 5.41) is 2.91. The van der Waals surface area contributed by atoms with Gasteiger partial charge in [-0.25, -0.2) is 9.50 Å². The first-order chi connectivity index (χ1) is 11.1. The highest BCUT2D eigenvalue weighted by atomic mass is 16.5. The quantitative estimate of drug-likeness (QED) is 0.841. The maximum Gasteiger partial charge on any atom is 0.285 e. The number of ether oxygens (including phenoxy) is 1. The lowest BCUT2D eigenvalue weighted by Crippen LogP contribution is -2.35. The maximum absolute atomic E-state index is 12.6. The lowest BCUT2D eigenvalue weighted by atomic mass is 10.1. The number of amides is 1. The fourth-order valence-electron chi connectivity index (χ4n) is 2.94. The summed E-state index contributed by atoms with van der Waals surface area (Å²) in [7, 11) is 0. The van der Waals surface area contributed by atoms with Gasteiger partial charge >= 0.3 is 0 Å². The molecular weight excluding hydrogens is 296 g/mol. The van der Waals surface area contributed by atoms with E-state index in [1.165, 1.54) is 10.7 Å². The van der Waals surface area contributed by atoms with Gasteiger partial charge in [-0.1, -0.05) is 6.92 Å². The van der Waals surface area contributed by atoms with Crippen molar-refractivity contribution in [3.8, 4) is 0 Å². The Hall–Kier alpha value is -2.15.